The van der Waals surface area contributed by atoms with Crippen molar-refractivity contribution in [3.63, 3.8) is 0 Å². The van der Waals surface area contributed by atoms with Gasteiger partial charge in [0.2, 0.25) is 0 Å². The van der Waals surface area contributed by atoms with Crippen molar-refractivity contribution in [2.75, 3.05) is 0 Å². The number of pyridine rings is 1. The minimum absolute atomic E-state index is 0.743. The van der Waals surface area contributed by atoms with Gasteiger partial charge in [0, 0.05) is 24.3 Å². The van der Waals surface area contributed by atoms with Crippen LogP contribution in [0.1, 0.15) is 31.0 Å². The fourth-order valence-corrected chi connectivity index (χ4v) is 1.28. The van der Waals surface area contributed by atoms with Crippen molar-refractivity contribution in [3.8, 4) is 11.8 Å². The van der Waals surface area contributed by atoms with Crippen LogP contribution in [0.4, 0.5) is 0 Å². The first kappa shape index (κ1) is 9.23. The highest BCUT2D eigenvalue weighted by molar-refractivity contribution is 5.31. The maximum atomic E-state index is 4.33. The molecule has 0 spiro atoms. The average molecular weight is 186 g/mol. The minimum Gasteiger partial charge on any atom is -0.308 e. The molecular weight excluding hydrogens is 172 g/mol. The molecule has 1 fully saturated rings. The van der Waals surface area contributed by atoms with E-state index in [1.165, 1.54) is 12.8 Å². The summed E-state index contributed by atoms with van der Waals surface area (Å²) >= 11 is 0. The van der Waals surface area contributed by atoms with Crippen molar-refractivity contribution in [2.45, 2.75) is 32.4 Å². The molecule has 1 aliphatic rings. The number of rotatable bonds is 3. The first-order chi connectivity index (χ1) is 6.88. The predicted molar refractivity (Wildman–Crippen MR) is 56.7 cm³/mol. The molecular formula is C12H14N2. The van der Waals surface area contributed by atoms with Crippen LogP contribution in [0.3, 0.4) is 0 Å². The molecule has 1 aliphatic carbocycles. The summed E-state index contributed by atoms with van der Waals surface area (Å²) in [7, 11) is 0. The van der Waals surface area contributed by atoms with Crippen molar-refractivity contribution in [3.05, 3.63) is 29.6 Å². The van der Waals surface area contributed by atoms with Gasteiger partial charge in [-0.05, 0) is 31.9 Å². The topological polar surface area (TPSA) is 24.9 Å². The van der Waals surface area contributed by atoms with E-state index in [9.17, 15) is 0 Å². The molecule has 0 aromatic carbocycles. The van der Waals surface area contributed by atoms with E-state index in [0.717, 1.165) is 23.8 Å². The van der Waals surface area contributed by atoms with Crippen molar-refractivity contribution in [2.24, 2.45) is 0 Å². The number of hydrogen-bond donors (Lipinski definition) is 1. The lowest BCUT2D eigenvalue weighted by Crippen LogP contribution is -2.16. The molecule has 2 heteroatoms. The molecule has 1 aromatic rings. The second-order valence-corrected chi connectivity index (χ2v) is 3.57. The number of aromatic nitrogens is 1. The normalized spacial score (nSPS) is 14.6. The second kappa shape index (κ2) is 4.26. The molecule has 0 saturated heterocycles. The van der Waals surface area contributed by atoms with Gasteiger partial charge in [0.1, 0.15) is 0 Å². The third-order valence-corrected chi connectivity index (χ3v) is 2.24. The number of hydrogen-bond acceptors (Lipinski definition) is 2. The van der Waals surface area contributed by atoms with Crippen molar-refractivity contribution >= 4 is 0 Å². The van der Waals surface area contributed by atoms with Gasteiger partial charge in [0.05, 0.1) is 5.69 Å². The summed E-state index contributed by atoms with van der Waals surface area (Å²) in [6.07, 6.45) is 4.47. The summed E-state index contributed by atoms with van der Waals surface area (Å²) in [5, 5.41) is 3.43. The molecule has 0 bridgehead atoms. The Morgan fingerprint density at radius 3 is 2.93 bits per heavy atom. The molecule has 2 nitrogen and oxygen atoms in total. The Balaban J connectivity index is 1.93. The van der Waals surface area contributed by atoms with E-state index in [2.05, 4.69) is 22.1 Å². The van der Waals surface area contributed by atoms with Crippen LogP contribution in [0, 0.1) is 11.8 Å². The van der Waals surface area contributed by atoms with Crippen LogP contribution >= 0.6 is 0 Å². The minimum atomic E-state index is 0.743. The monoisotopic (exact) mass is 186 g/mol. The summed E-state index contributed by atoms with van der Waals surface area (Å²) in [6.45, 7) is 2.72. The first-order valence-corrected chi connectivity index (χ1v) is 4.99. The first-order valence-electron chi connectivity index (χ1n) is 4.99. The van der Waals surface area contributed by atoms with Crippen LogP contribution in [0.2, 0.25) is 0 Å². The molecule has 0 amide bonds. The fourth-order valence-electron chi connectivity index (χ4n) is 1.28. The smallest absolute Gasteiger partial charge is 0.0542 e. The van der Waals surface area contributed by atoms with Crippen LogP contribution in [0.25, 0.3) is 0 Å². The molecule has 0 unspecified atom stereocenters. The van der Waals surface area contributed by atoms with Crippen LogP contribution in [-0.4, -0.2) is 11.0 Å². The summed E-state index contributed by atoms with van der Waals surface area (Å²) in [5.41, 5.74) is 2.08. The highest BCUT2D eigenvalue weighted by Gasteiger charge is 2.19. The highest BCUT2D eigenvalue weighted by atomic mass is 15.0. The molecule has 1 saturated carbocycles. The standard InChI is InChI=1S/C12H14N2/c1-2-3-10-4-5-12(13-8-10)9-14-11-6-7-11/h4-5,8,11,14H,6-7,9H2,1H3. The predicted octanol–water partition coefficient (Wildman–Crippen LogP) is 1.71. The second-order valence-electron chi connectivity index (χ2n) is 3.57. The van der Waals surface area contributed by atoms with E-state index in [4.69, 9.17) is 0 Å². The van der Waals surface area contributed by atoms with Crippen LogP contribution in [0.15, 0.2) is 18.3 Å². The SMILES string of the molecule is CC#Cc1ccc(CNC2CC2)nc1. The van der Waals surface area contributed by atoms with Gasteiger partial charge in [0.25, 0.3) is 0 Å². The number of nitrogens with one attached hydrogen (secondary N) is 1. The van der Waals surface area contributed by atoms with Crippen LogP contribution in [-0.2, 0) is 6.54 Å². The zero-order valence-electron chi connectivity index (χ0n) is 8.38. The van der Waals surface area contributed by atoms with E-state index in [-0.39, 0.29) is 0 Å². The Morgan fingerprint density at radius 1 is 1.50 bits per heavy atom. The van der Waals surface area contributed by atoms with E-state index < -0.39 is 0 Å². The molecule has 14 heavy (non-hydrogen) atoms. The molecule has 1 heterocycles. The van der Waals surface area contributed by atoms with Gasteiger partial charge in [-0.25, -0.2) is 0 Å². The van der Waals surface area contributed by atoms with Gasteiger partial charge in [-0.15, -0.1) is 5.92 Å². The Labute approximate surface area is 84.7 Å². The Morgan fingerprint density at radius 2 is 2.36 bits per heavy atom. The van der Waals surface area contributed by atoms with Gasteiger partial charge < -0.3 is 5.32 Å². The van der Waals surface area contributed by atoms with Gasteiger partial charge in [-0.3, -0.25) is 4.98 Å². The summed E-state index contributed by atoms with van der Waals surface area (Å²) in [4.78, 5) is 4.33. The molecule has 0 radical (unpaired) electrons. The molecule has 72 valence electrons. The third-order valence-electron chi connectivity index (χ3n) is 2.24. The molecule has 0 atom stereocenters. The lowest BCUT2D eigenvalue weighted by atomic mass is 10.2. The van der Waals surface area contributed by atoms with Gasteiger partial charge in [-0.1, -0.05) is 5.92 Å². The Kier molecular flexibility index (Phi) is 2.81. The zero-order valence-corrected chi connectivity index (χ0v) is 8.38. The summed E-state index contributed by atoms with van der Waals surface area (Å²) < 4.78 is 0. The van der Waals surface area contributed by atoms with Crippen LogP contribution < -0.4 is 5.32 Å². The van der Waals surface area contributed by atoms with E-state index in [0.29, 0.717) is 0 Å². The van der Waals surface area contributed by atoms with Gasteiger partial charge in [0.15, 0.2) is 0 Å². The maximum absolute atomic E-state index is 4.33. The van der Waals surface area contributed by atoms with E-state index in [1.807, 2.05) is 25.3 Å². The third kappa shape index (κ3) is 2.58. The quantitative estimate of drug-likeness (QED) is 0.727. The van der Waals surface area contributed by atoms with E-state index in [1.54, 1.807) is 0 Å². The molecule has 1 N–H and O–H groups in total. The maximum Gasteiger partial charge on any atom is 0.0542 e. The Hall–Kier alpha value is -1.33. The van der Waals surface area contributed by atoms with Crippen LogP contribution in [0.5, 0.6) is 0 Å². The zero-order chi connectivity index (χ0) is 9.80. The largest absolute Gasteiger partial charge is 0.308 e. The Bertz CT molecular complexity index is 352. The number of nitrogens with zero attached hydrogens (tertiary/aromatic N) is 1. The molecule has 2 rings (SSSR count). The van der Waals surface area contributed by atoms with Gasteiger partial charge >= 0.3 is 0 Å². The summed E-state index contributed by atoms with van der Waals surface area (Å²) in [5.74, 6) is 5.84. The van der Waals surface area contributed by atoms with Crippen molar-refractivity contribution in [1.29, 1.82) is 0 Å². The highest BCUT2D eigenvalue weighted by Crippen LogP contribution is 2.18. The van der Waals surface area contributed by atoms with Gasteiger partial charge in [-0.2, -0.15) is 0 Å². The van der Waals surface area contributed by atoms with E-state index >= 15 is 0 Å². The lowest BCUT2D eigenvalue weighted by molar-refractivity contribution is 0.674. The summed E-state index contributed by atoms with van der Waals surface area (Å²) in [6, 6.07) is 4.80. The van der Waals surface area contributed by atoms with Crippen molar-refractivity contribution in [1.82, 2.24) is 10.3 Å². The van der Waals surface area contributed by atoms with Crippen molar-refractivity contribution < 1.29 is 0 Å². The molecule has 1 aromatic heterocycles. The average Bonchev–Trinajstić information content (AvgIpc) is 3.01. The molecule has 0 aliphatic heterocycles. The lowest BCUT2D eigenvalue weighted by Gasteiger charge is -2.01. The fraction of sp³-hybridized carbons (Fsp3) is 0.417.